The normalized spacial score (nSPS) is 11.7. The molecule has 10 nitrogen and oxygen atoms in total. The Labute approximate surface area is 301 Å². The number of ether oxygens (including phenoxy) is 3. The van der Waals surface area contributed by atoms with Crippen molar-refractivity contribution in [3.05, 3.63) is 114 Å². The van der Waals surface area contributed by atoms with E-state index in [1.54, 1.807) is 4.90 Å². The lowest BCUT2D eigenvalue weighted by Crippen LogP contribution is -2.52. The van der Waals surface area contributed by atoms with Crippen molar-refractivity contribution < 1.29 is 28.6 Å². The molecule has 272 valence electrons. The molecule has 4 amide bonds. The van der Waals surface area contributed by atoms with E-state index in [4.69, 9.17) is 14.2 Å². The second-order valence-electron chi connectivity index (χ2n) is 12.7. The zero-order valence-electron chi connectivity index (χ0n) is 30.2. The summed E-state index contributed by atoms with van der Waals surface area (Å²) in [4.78, 5) is 42.1. The first-order chi connectivity index (χ1) is 24.7. The van der Waals surface area contributed by atoms with Crippen LogP contribution in [-0.4, -0.2) is 68.0 Å². The Balaban J connectivity index is 1.53. The maximum Gasteiger partial charge on any atom is 0.315 e. The van der Waals surface area contributed by atoms with Crippen molar-refractivity contribution in [1.82, 2.24) is 20.9 Å². The van der Waals surface area contributed by atoms with Gasteiger partial charge in [-0.1, -0.05) is 98.8 Å². The van der Waals surface area contributed by atoms with Crippen LogP contribution in [0.1, 0.15) is 50.8 Å². The van der Waals surface area contributed by atoms with Gasteiger partial charge in [0.05, 0.1) is 13.2 Å². The van der Waals surface area contributed by atoms with E-state index in [0.717, 1.165) is 33.2 Å². The van der Waals surface area contributed by atoms with Crippen molar-refractivity contribution in [2.24, 2.45) is 5.92 Å². The number of benzene rings is 4. The molecular formula is C41H52N4O6. The fraction of sp³-hybridized carbons (Fsp3) is 0.390. The van der Waals surface area contributed by atoms with Crippen LogP contribution in [0, 0.1) is 5.92 Å². The van der Waals surface area contributed by atoms with Crippen LogP contribution in [0.15, 0.2) is 97.1 Å². The molecule has 0 unspecified atom stereocenters. The lowest BCUT2D eigenvalue weighted by molar-refractivity contribution is -0.161. The van der Waals surface area contributed by atoms with Crippen molar-refractivity contribution in [1.29, 1.82) is 0 Å². The van der Waals surface area contributed by atoms with E-state index in [9.17, 15) is 14.4 Å². The van der Waals surface area contributed by atoms with Crippen LogP contribution in [0.4, 0.5) is 4.79 Å². The highest BCUT2D eigenvalue weighted by Crippen LogP contribution is 2.22. The summed E-state index contributed by atoms with van der Waals surface area (Å²) in [6.45, 7) is 10.3. The molecule has 4 rings (SSSR count). The molecule has 0 spiro atoms. The van der Waals surface area contributed by atoms with E-state index >= 15 is 0 Å². The monoisotopic (exact) mass is 696 g/mol. The molecule has 0 saturated carbocycles. The number of nitrogens with zero attached hydrogens (tertiary/aromatic N) is 1. The topological polar surface area (TPSA) is 118 Å². The minimum Gasteiger partial charge on any atom is -0.493 e. The molecular weight excluding hydrogens is 644 g/mol. The molecule has 0 radical (unpaired) electrons. The summed E-state index contributed by atoms with van der Waals surface area (Å²) in [7, 11) is 0. The molecule has 51 heavy (non-hydrogen) atoms. The van der Waals surface area contributed by atoms with E-state index < -0.39 is 12.3 Å². The summed E-state index contributed by atoms with van der Waals surface area (Å²) in [6.07, 6.45) is -0.403. The minimum absolute atomic E-state index is 0.00560. The van der Waals surface area contributed by atoms with Crippen LogP contribution in [0.2, 0.25) is 0 Å². The molecule has 0 aromatic heterocycles. The molecule has 4 aromatic rings. The van der Waals surface area contributed by atoms with Crippen LogP contribution in [0.3, 0.4) is 0 Å². The quantitative estimate of drug-likeness (QED) is 0.0946. The number of fused-ring (bicyclic) bond motifs is 1. The Morgan fingerprint density at radius 1 is 0.765 bits per heavy atom. The summed E-state index contributed by atoms with van der Waals surface area (Å²) < 4.78 is 17.6. The van der Waals surface area contributed by atoms with Crippen LogP contribution < -0.4 is 20.7 Å². The van der Waals surface area contributed by atoms with E-state index in [2.05, 4.69) is 29.8 Å². The van der Waals surface area contributed by atoms with Crippen LogP contribution >= 0.6 is 0 Å². The van der Waals surface area contributed by atoms with Gasteiger partial charge in [0.2, 0.25) is 11.8 Å². The van der Waals surface area contributed by atoms with E-state index in [0.29, 0.717) is 32.3 Å². The largest absolute Gasteiger partial charge is 0.493 e. The number of urea groups is 1. The number of hydrogen-bond acceptors (Lipinski definition) is 6. The molecule has 0 aliphatic rings. The molecule has 0 heterocycles. The van der Waals surface area contributed by atoms with Crippen LogP contribution in [0.5, 0.6) is 5.75 Å². The number of rotatable bonds is 20. The van der Waals surface area contributed by atoms with Gasteiger partial charge in [-0.25, -0.2) is 4.79 Å². The third-order valence-corrected chi connectivity index (χ3v) is 8.14. The zero-order valence-corrected chi connectivity index (χ0v) is 30.2. The van der Waals surface area contributed by atoms with Gasteiger partial charge in [0.25, 0.3) is 0 Å². The summed E-state index contributed by atoms with van der Waals surface area (Å²) in [6, 6.07) is 30.0. The number of carbonyl (C=O) groups is 3. The molecule has 1 atom stereocenters. The fourth-order valence-electron chi connectivity index (χ4n) is 5.61. The van der Waals surface area contributed by atoms with Gasteiger partial charge in [0.1, 0.15) is 11.8 Å². The molecule has 0 aliphatic carbocycles. The Hall–Kier alpha value is -4.93. The van der Waals surface area contributed by atoms with Crippen molar-refractivity contribution in [2.75, 3.05) is 32.9 Å². The summed E-state index contributed by atoms with van der Waals surface area (Å²) in [5.74, 6) is 0.500. The highest BCUT2D eigenvalue weighted by Gasteiger charge is 2.29. The third kappa shape index (κ3) is 13.0. The van der Waals surface area contributed by atoms with Crippen molar-refractivity contribution in [3.63, 3.8) is 0 Å². The van der Waals surface area contributed by atoms with Gasteiger partial charge >= 0.3 is 6.03 Å². The molecule has 0 bridgehead atoms. The van der Waals surface area contributed by atoms with Crippen molar-refractivity contribution in [3.8, 4) is 5.75 Å². The van der Waals surface area contributed by atoms with Gasteiger partial charge in [0, 0.05) is 45.7 Å². The molecule has 3 N–H and O–H groups in total. The summed E-state index contributed by atoms with van der Waals surface area (Å²) in [5, 5.41) is 10.6. The first kappa shape index (κ1) is 38.9. The summed E-state index contributed by atoms with van der Waals surface area (Å²) >= 11 is 0. The lowest BCUT2D eigenvalue weighted by Gasteiger charge is -2.31. The van der Waals surface area contributed by atoms with E-state index in [1.807, 2.05) is 111 Å². The number of carbonyl (C=O) groups excluding carboxylic acids is 3. The van der Waals surface area contributed by atoms with Gasteiger partial charge in [-0.3, -0.25) is 9.59 Å². The van der Waals surface area contributed by atoms with E-state index in [1.165, 1.54) is 0 Å². The number of hydrogen-bond donors (Lipinski definition) is 3. The van der Waals surface area contributed by atoms with Gasteiger partial charge < -0.3 is 35.1 Å². The molecule has 0 aliphatic heterocycles. The average Bonchev–Trinajstić information content (AvgIpc) is 3.13. The number of amides is 4. The van der Waals surface area contributed by atoms with Gasteiger partial charge in [-0.15, -0.1) is 0 Å². The van der Waals surface area contributed by atoms with Gasteiger partial charge in [0.15, 0.2) is 6.29 Å². The number of nitrogens with one attached hydrogen (secondary N) is 3. The smallest absolute Gasteiger partial charge is 0.315 e. The highest BCUT2D eigenvalue weighted by atomic mass is 16.7. The van der Waals surface area contributed by atoms with Gasteiger partial charge in [-0.2, -0.15) is 0 Å². The Kier molecular flexibility index (Phi) is 15.8. The molecule has 4 aromatic carbocycles. The Morgan fingerprint density at radius 3 is 2.16 bits per heavy atom. The average molecular weight is 697 g/mol. The molecule has 10 heteroatoms. The summed E-state index contributed by atoms with van der Waals surface area (Å²) in [5.41, 5.74) is 2.80. The first-order valence-corrected chi connectivity index (χ1v) is 17.8. The predicted molar refractivity (Wildman–Crippen MR) is 200 cm³/mol. The second kappa shape index (κ2) is 20.7. The SMILES string of the molecule is CCOC(CN(Cc1cccc2ccccc12)C(=O)[C@H](Cc1ccc(OCC(C)C)cc1)NC(=O)CCNC(=O)NCc1ccccc1)OCC. The van der Waals surface area contributed by atoms with Gasteiger partial charge in [-0.05, 0) is 59.4 Å². The third-order valence-electron chi connectivity index (χ3n) is 8.14. The Bertz CT molecular complexity index is 1650. The standard InChI is InChI=1S/C41H52N4O6/c1-5-49-39(50-6-2)28-45(27-34-17-12-16-33-15-10-11-18-36(33)34)40(47)37(25-31-19-21-35(22-20-31)51-29-30(3)4)44-38(46)23-24-42-41(48)43-26-32-13-8-7-9-14-32/h7-22,30,37,39H,5-6,23-29H2,1-4H3,(H,44,46)(H2,42,43,48)/t37-/m0/s1. The fourth-order valence-corrected chi connectivity index (χ4v) is 5.61. The first-order valence-electron chi connectivity index (χ1n) is 17.8. The Morgan fingerprint density at radius 2 is 1.45 bits per heavy atom. The minimum atomic E-state index is -0.897. The maximum atomic E-state index is 14.6. The molecule has 0 saturated heterocycles. The zero-order chi connectivity index (χ0) is 36.4. The molecule has 0 fully saturated rings. The highest BCUT2D eigenvalue weighted by molar-refractivity contribution is 5.89. The van der Waals surface area contributed by atoms with Crippen molar-refractivity contribution >= 4 is 28.6 Å². The predicted octanol–water partition coefficient (Wildman–Crippen LogP) is 6.22. The maximum absolute atomic E-state index is 14.6. The van der Waals surface area contributed by atoms with Crippen LogP contribution in [-0.2, 0) is 38.6 Å². The van der Waals surface area contributed by atoms with Crippen LogP contribution in [0.25, 0.3) is 10.8 Å². The van der Waals surface area contributed by atoms with Crippen molar-refractivity contribution in [2.45, 2.75) is 66.0 Å². The second-order valence-corrected chi connectivity index (χ2v) is 12.7. The lowest BCUT2D eigenvalue weighted by atomic mass is 10.0. The van der Waals surface area contributed by atoms with E-state index in [-0.39, 0.29) is 50.3 Å².